The topological polar surface area (TPSA) is 46.3 Å². The molecule has 1 fully saturated rings. The smallest absolute Gasteiger partial charge is 0.230 e. The Morgan fingerprint density at radius 2 is 2.15 bits per heavy atom. The van der Waals surface area contributed by atoms with E-state index in [0.717, 1.165) is 42.7 Å². The molecule has 20 heavy (non-hydrogen) atoms. The van der Waals surface area contributed by atoms with Crippen LogP contribution in [0.4, 0.5) is 11.4 Å². The van der Waals surface area contributed by atoms with Gasteiger partial charge in [0, 0.05) is 29.4 Å². The lowest BCUT2D eigenvalue weighted by atomic mass is 9.68. The van der Waals surface area contributed by atoms with Crippen LogP contribution in [-0.2, 0) is 11.2 Å². The van der Waals surface area contributed by atoms with E-state index in [-0.39, 0.29) is 11.3 Å². The van der Waals surface area contributed by atoms with Crippen LogP contribution in [0.5, 0.6) is 0 Å². The molecule has 108 valence electrons. The van der Waals surface area contributed by atoms with E-state index < -0.39 is 0 Å². The van der Waals surface area contributed by atoms with Gasteiger partial charge in [-0.05, 0) is 36.8 Å². The lowest BCUT2D eigenvalue weighted by Crippen LogP contribution is -2.43. The molecular weight excluding hydrogens is 248 g/mol. The van der Waals surface area contributed by atoms with Crippen molar-refractivity contribution >= 4 is 17.3 Å². The lowest BCUT2D eigenvalue weighted by molar-refractivity contribution is -0.127. The zero-order valence-electron chi connectivity index (χ0n) is 12.5. The van der Waals surface area contributed by atoms with Crippen molar-refractivity contribution in [3.05, 3.63) is 23.8 Å². The van der Waals surface area contributed by atoms with Gasteiger partial charge in [-0.1, -0.05) is 32.8 Å². The number of benzene rings is 1. The molecule has 3 heteroatoms. The third-order valence-electron chi connectivity index (χ3n) is 5.14. The number of nitrogen functional groups attached to an aromatic ring is 1. The summed E-state index contributed by atoms with van der Waals surface area (Å²) in [5.74, 6) is 0.461. The van der Waals surface area contributed by atoms with E-state index in [1.165, 1.54) is 12.8 Å². The van der Waals surface area contributed by atoms with E-state index in [1.54, 1.807) is 0 Å². The summed E-state index contributed by atoms with van der Waals surface area (Å²) in [6.45, 7) is 5.27. The molecule has 0 radical (unpaired) electrons. The first-order valence-electron chi connectivity index (χ1n) is 7.69. The third kappa shape index (κ3) is 2.09. The summed E-state index contributed by atoms with van der Waals surface area (Å²) < 4.78 is 0. The highest BCUT2D eigenvalue weighted by Crippen LogP contribution is 2.43. The quantitative estimate of drug-likeness (QED) is 0.797. The van der Waals surface area contributed by atoms with Crippen LogP contribution in [-0.4, -0.2) is 12.5 Å². The van der Waals surface area contributed by atoms with Crippen molar-refractivity contribution in [2.24, 2.45) is 11.3 Å². The average molecular weight is 272 g/mol. The van der Waals surface area contributed by atoms with Crippen molar-refractivity contribution in [1.29, 1.82) is 0 Å². The molecule has 1 aromatic carbocycles. The van der Waals surface area contributed by atoms with Crippen LogP contribution in [0.25, 0.3) is 0 Å². The van der Waals surface area contributed by atoms with Gasteiger partial charge >= 0.3 is 0 Å². The molecule has 1 heterocycles. The predicted molar refractivity (Wildman–Crippen MR) is 82.7 cm³/mol. The van der Waals surface area contributed by atoms with Crippen molar-refractivity contribution in [2.75, 3.05) is 17.2 Å². The number of hydrogen-bond donors (Lipinski definition) is 1. The van der Waals surface area contributed by atoms with Crippen molar-refractivity contribution < 1.29 is 4.79 Å². The average Bonchev–Trinajstić information content (AvgIpc) is 2.83. The van der Waals surface area contributed by atoms with Gasteiger partial charge in [0.25, 0.3) is 0 Å². The predicted octanol–water partition coefficient (Wildman–Crippen LogP) is 3.37. The molecule has 1 saturated carbocycles. The number of anilines is 2. The Morgan fingerprint density at radius 3 is 2.90 bits per heavy atom. The van der Waals surface area contributed by atoms with Gasteiger partial charge in [-0.15, -0.1) is 0 Å². The number of nitrogens with two attached hydrogens (primary N) is 1. The highest BCUT2D eigenvalue weighted by Gasteiger charge is 2.40. The monoisotopic (exact) mass is 272 g/mol. The third-order valence-corrected chi connectivity index (χ3v) is 5.14. The van der Waals surface area contributed by atoms with Crippen molar-refractivity contribution in [1.82, 2.24) is 0 Å². The number of carbonyl (C=O) groups excluding carboxylic acids is 1. The van der Waals surface area contributed by atoms with E-state index in [4.69, 9.17) is 5.73 Å². The van der Waals surface area contributed by atoms with Crippen LogP contribution in [0.15, 0.2) is 18.2 Å². The number of fused-ring (bicyclic) bond motifs is 1. The SMILES string of the molecule is CC1(C)CCCCC1C(=O)N1CCc2c(N)cccc21. The fourth-order valence-electron chi connectivity index (χ4n) is 3.83. The maximum atomic E-state index is 13.0. The second-order valence-corrected chi connectivity index (χ2v) is 6.87. The molecule has 1 amide bonds. The molecule has 1 unspecified atom stereocenters. The first-order valence-corrected chi connectivity index (χ1v) is 7.69. The summed E-state index contributed by atoms with van der Waals surface area (Å²) in [5.41, 5.74) is 9.16. The van der Waals surface area contributed by atoms with Gasteiger partial charge in [0.1, 0.15) is 0 Å². The molecule has 0 spiro atoms. The highest BCUT2D eigenvalue weighted by atomic mass is 16.2. The Balaban J connectivity index is 1.88. The molecule has 3 rings (SSSR count). The second-order valence-electron chi connectivity index (χ2n) is 6.87. The Hall–Kier alpha value is -1.51. The summed E-state index contributed by atoms with van der Waals surface area (Å²) in [4.78, 5) is 15.0. The first kappa shape index (κ1) is 13.5. The molecule has 2 N–H and O–H groups in total. The van der Waals surface area contributed by atoms with Crippen molar-refractivity contribution in [3.63, 3.8) is 0 Å². The minimum Gasteiger partial charge on any atom is -0.398 e. The Bertz CT molecular complexity index is 536. The van der Waals surface area contributed by atoms with Crippen LogP contribution in [0.3, 0.4) is 0 Å². The Labute approximate surface area is 121 Å². The standard InChI is InChI=1S/C17H24N2O/c1-17(2)10-4-3-6-13(17)16(20)19-11-9-12-14(18)7-5-8-15(12)19/h5,7-8,13H,3-4,6,9-11,18H2,1-2H3. The minimum atomic E-state index is 0.123. The number of carbonyl (C=O) groups is 1. The van der Waals surface area contributed by atoms with Gasteiger partial charge in [-0.25, -0.2) is 0 Å². The number of hydrogen-bond acceptors (Lipinski definition) is 2. The maximum Gasteiger partial charge on any atom is 0.230 e. The van der Waals surface area contributed by atoms with Gasteiger partial charge in [0.15, 0.2) is 0 Å². The maximum absolute atomic E-state index is 13.0. The summed E-state index contributed by atoms with van der Waals surface area (Å²) in [7, 11) is 0. The largest absolute Gasteiger partial charge is 0.398 e. The first-order chi connectivity index (χ1) is 9.50. The zero-order chi connectivity index (χ0) is 14.3. The second kappa shape index (κ2) is 4.80. The molecule has 1 aliphatic heterocycles. The van der Waals surface area contributed by atoms with Crippen LogP contribution in [0.1, 0.15) is 45.1 Å². The number of rotatable bonds is 1. The minimum absolute atomic E-state index is 0.123. The number of nitrogens with zero attached hydrogens (tertiary/aromatic N) is 1. The van der Waals surface area contributed by atoms with Crippen LogP contribution in [0, 0.1) is 11.3 Å². The summed E-state index contributed by atoms with van der Waals surface area (Å²) in [6, 6.07) is 5.91. The summed E-state index contributed by atoms with van der Waals surface area (Å²) >= 11 is 0. The molecule has 1 aromatic rings. The highest BCUT2D eigenvalue weighted by molar-refractivity contribution is 5.98. The number of amides is 1. The molecule has 1 aliphatic carbocycles. The molecule has 0 saturated heterocycles. The molecule has 0 aromatic heterocycles. The van der Waals surface area contributed by atoms with Gasteiger partial charge < -0.3 is 10.6 Å². The van der Waals surface area contributed by atoms with Gasteiger partial charge in [-0.3, -0.25) is 4.79 Å². The van der Waals surface area contributed by atoms with Crippen molar-refractivity contribution in [3.8, 4) is 0 Å². The van der Waals surface area contributed by atoms with E-state index in [2.05, 4.69) is 13.8 Å². The Kier molecular flexibility index (Phi) is 3.23. The van der Waals surface area contributed by atoms with Crippen molar-refractivity contribution in [2.45, 2.75) is 46.0 Å². The van der Waals surface area contributed by atoms with E-state index in [1.807, 2.05) is 23.1 Å². The molecule has 3 nitrogen and oxygen atoms in total. The molecule has 2 aliphatic rings. The molecule has 1 atom stereocenters. The van der Waals surface area contributed by atoms with E-state index in [0.29, 0.717) is 5.91 Å². The summed E-state index contributed by atoms with van der Waals surface area (Å²) in [5, 5.41) is 0. The van der Waals surface area contributed by atoms with Gasteiger partial charge in [-0.2, -0.15) is 0 Å². The lowest BCUT2D eigenvalue weighted by Gasteiger charge is -2.39. The van der Waals surface area contributed by atoms with Gasteiger partial charge in [0.05, 0.1) is 0 Å². The molecule has 0 bridgehead atoms. The molecular formula is C17H24N2O. The van der Waals surface area contributed by atoms with Crippen LogP contribution >= 0.6 is 0 Å². The Morgan fingerprint density at radius 1 is 1.35 bits per heavy atom. The van der Waals surface area contributed by atoms with Crippen LogP contribution in [0.2, 0.25) is 0 Å². The van der Waals surface area contributed by atoms with E-state index >= 15 is 0 Å². The van der Waals surface area contributed by atoms with E-state index in [9.17, 15) is 4.79 Å². The normalized spacial score (nSPS) is 24.5. The summed E-state index contributed by atoms with van der Waals surface area (Å²) in [6.07, 6.45) is 5.50. The van der Waals surface area contributed by atoms with Crippen LogP contribution < -0.4 is 10.6 Å². The van der Waals surface area contributed by atoms with Gasteiger partial charge in [0.2, 0.25) is 5.91 Å². The zero-order valence-corrected chi connectivity index (χ0v) is 12.5. The fourth-order valence-corrected chi connectivity index (χ4v) is 3.83. The fraction of sp³-hybridized carbons (Fsp3) is 0.588.